The smallest absolute Gasteiger partial charge is 0.317 e. The molecule has 1 fully saturated rings. The van der Waals surface area contributed by atoms with Crippen LogP contribution in [0.15, 0.2) is 57.9 Å². The summed E-state index contributed by atoms with van der Waals surface area (Å²) in [6, 6.07) is 12.6. The van der Waals surface area contributed by atoms with Crippen LogP contribution in [0.1, 0.15) is 24.1 Å². The maximum Gasteiger partial charge on any atom is 0.317 e. The number of benzene rings is 2. The van der Waals surface area contributed by atoms with Crippen molar-refractivity contribution in [2.75, 3.05) is 46.9 Å². The predicted molar refractivity (Wildman–Crippen MR) is 151 cm³/mol. The average molecular weight is 531 g/mol. The summed E-state index contributed by atoms with van der Waals surface area (Å²) >= 11 is 0. The van der Waals surface area contributed by atoms with Gasteiger partial charge in [-0.1, -0.05) is 0 Å². The normalized spacial score (nSPS) is 13.4. The molecule has 0 bridgehead atoms. The molecule has 0 unspecified atom stereocenters. The summed E-state index contributed by atoms with van der Waals surface area (Å²) in [5, 5.41) is 3.92. The maximum atomic E-state index is 13.3. The van der Waals surface area contributed by atoms with Crippen molar-refractivity contribution in [1.82, 2.24) is 20.1 Å². The van der Waals surface area contributed by atoms with E-state index < -0.39 is 0 Å². The molecule has 2 aromatic carbocycles. The molecular weight excluding hydrogens is 496 g/mol. The lowest BCUT2D eigenvalue weighted by molar-refractivity contribution is 0.209. The second kappa shape index (κ2) is 11.7. The van der Waals surface area contributed by atoms with Gasteiger partial charge in [0.1, 0.15) is 23.7 Å². The van der Waals surface area contributed by atoms with E-state index >= 15 is 0 Å². The van der Waals surface area contributed by atoms with Gasteiger partial charge < -0.3 is 29.0 Å². The third kappa shape index (κ3) is 6.31. The minimum absolute atomic E-state index is 0.00873. The first-order chi connectivity index (χ1) is 18.9. The zero-order valence-electron chi connectivity index (χ0n) is 22.7. The molecule has 1 saturated heterocycles. The van der Waals surface area contributed by atoms with Gasteiger partial charge in [-0.15, -0.1) is 0 Å². The van der Waals surface area contributed by atoms with Crippen LogP contribution in [0.2, 0.25) is 0 Å². The number of likely N-dealkylation sites (N-methyl/N-ethyl adjacent to an activating group) is 1. The molecule has 1 N–H and O–H groups in total. The minimum Gasteiger partial charge on any atom is -0.488 e. The lowest BCUT2D eigenvalue weighted by atomic mass is 10.1. The number of carbonyl (C=O) groups is 1. The Morgan fingerprint density at radius 2 is 1.87 bits per heavy atom. The van der Waals surface area contributed by atoms with E-state index in [1.807, 2.05) is 55.1 Å². The van der Waals surface area contributed by atoms with E-state index in [9.17, 15) is 9.59 Å². The number of urea groups is 1. The van der Waals surface area contributed by atoms with Crippen molar-refractivity contribution in [1.29, 1.82) is 0 Å². The highest BCUT2D eigenvalue weighted by molar-refractivity contribution is 5.93. The summed E-state index contributed by atoms with van der Waals surface area (Å²) in [5.41, 5.74) is 2.53. The molecule has 1 aliphatic rings. The molecule has 0 spiro atoms. The molecule has 9 nitrogen and oxygen atoms in total. The molecule has 0 atom stereocenters. The first kappa shape index (κ1) is 26.5. The number of carbonyl (C=O) groups excluding carboxylic acids is 1. The number of amides is 2. The quantitative estimate of drug-likeness (QED) is 0.313. The third-order valence-electron chi connectivity index (χ3n) is 6.73. The number of nitrogens with zero attached hydrogens (tertiary/aromatic N) is 3. The van der Waals surface area contributed by atoms with Gasteiger partial charge in [-0.05, 0) is 75.8 Å². The van der Waals surface area contributed by atoms with Crippen molar-refractivity contribution in [3.63, 3.8) is 0 Å². The highest BCUT2D eigenvalue weighted by Gasteiger charge is 2.17. The van der Waals surface area contributed by atoms with Crippen LogP contribution >= 0.6 is 0 Å². The Bertz CT molecular complexity index is 1520. The number of nitrogens with one attached hydrogen (secondary N) is 1. The Balaban J connectivity index is 1.29. The number of likely N-dealkylation sites (tertiary alicyclic amines) is 1. The van der Waals surface area contributed by atoms with E-state index in [0.29, 0.717) is 58.8 Å². The molecule has 1 aliphatic heterocycles. The fourth-order valence-corrected chi connectivity index (χ4v) is 4.64. The number of hydrogen-bond donors (Lipinski definition) is 1. The molecule has 9 heteroatoms. The van der Waals surface area contributed by atoms with Crippen molar-refractivity contribution < 1.29 is 18.7 Å². The number of pyridine rings is 1. The summed E-state index contributed by atoms with van der Waals surface area (Å²) in [7, 11) is 3.96. The predicted octanol–water partition coefficient (Wildman–Crippen LogP) is 4.73. The van der Waals surface area contributed by atoms with Crippen molar-refractivity contribution in [2.45, 2.75) is 26.2 Å². The van der Waals surface area contributed by atoms with Crippen LogP contribution in [0.5, 0.6) is 17.2 Å². The van der Waals surface area contributed by atoms with Crippen molar-refractivity contribution >= 4 is 28.0 Å². The van der Waals surface area contributed by atoms with Gasteiger partial charge >= 0.3 is 6.03 Å². The third-order valence-corrected chi connectivity index (χ3v) is 6.73. The van der Waals surface area contributed by atoms with E-state index in [1.165, 1.54) is 0 Å². The lowest BCUT2D eigenvalue weighted by Crippen LogP contribution is -2.38. The molecule has 204 valence electrons. The van der Waals surface area contributed by atoms with E-state index in [2.05, 4.69) is 10.3 Å². The largest absolute Gasteiger partial charge is 0.488 e. The van der Waals surface area contributed by atoms with Gasteiger partial charge in [0.25, 0.3) is 0 Å². The van der Waals surface area contributed by atoms with E-state index in [0.717, 1.165) is 43.7 Å². The fourth-order valence-electron chi connectivity index (χ4n) is 4.64. The molecular formula is C30H34N4O5. The SMILES string of the molecule is Cc1cc(OCCN(C)C)c2oc3cc(Oc4ccc(CCNC(=O)N5CCCC5)nc4)ccc3c(=O)c2c1. The van der Waals surface area contributed by atoms with Crippen LogP contribution in [0.3, 0.4) is 0 Å². The second-order valence-electron chi connectivity index (χ2n) is 10.1. The number of aryl methyl sites for hydroxylation is 1. The summed E-state index contributed by atoms with van der Waals surface area (Å²) in [6.45, 7) is 5.34. The topological polar surface area (TPSA) is 97.1 Å². The van der Waals surface area contributed by atoms with E-state index in [4.69, 9.17) is 13.9 Å². The summed E-state index contributed by atoms with van der Waals surface area (Å²) < 4.78 is 18.2. The first-order valence-corrected chi connectivity index (χ1v) is 13.3. The van der Waals surface area contributed by atoms with E-state index in [-0.39, 0.29) is 11.5 Å². The van der Waals surface area contributed by atoms with Crippen LogP contribution < -0.4 is 20.2 Å². The van der Waals surface area contributed by atoms with Gasteiger partial charge in [-0.3, -0.25) is 9.78 Å². The molecule has 39 heavy (non-hydrogen) atoms. The van der Waals surface area contributed by atoms with Crippen LogP contribution in [-0.2, 0) is 6.42 Å². The fraction of sp³-hybridized carbons (Fsp3) is 0.367. The summed E-state index contributed by atoms with van der Waals surface area (Å²) in [4.78, 5) is 33.7. The monoisotopic (exact) mass is 530 g/mol. The van der Waals surface area contributed by atoms with Crippen molar-refractivity contribution in [2.24, 2.45) is 0 Å². The lowest BCUT2D eigenvalue weighted by Gasteiger charge is -2.15. The van der Waals surface area contributed by atoms with Crippen molar-refractivity contribution in [3.05, 3.63) is 70.1 Å². The zero-order chi connectivity index (χ0) is 27.4. The maximum absolute atomic E-state index is 13.3. The Hall–Kier alpha value is -4.11. The van der Waals surface area contributed by atoms with Crippen molar-refractivity contribution in [3.8, 4) is 17.2 Å². The second-order valence-corrected chi connectivity index (χ2v) is 10.1. The van der Waals surface area contributed by atoms with Gasteiger partial charge in [0.2, 0.25) is 5.43 Å². The molecule has 0 saturated carbocycles. The number of fused-ring (bicyclic) bond motifs is 2. The summed E-state index contributed by atoms with van der Waals surface area (Å²) in [6.07, 6.45) is 4.43. The molecule has 2 aromatic heterocycles. The van der Waals surface area contributed by atoms with Gasteiger partial charge in [0.15, 0.2) is 11.3 Å². The Morgan fingerprint density at radius 1 is 1.08 bits per heavy atom. The Morgan fingerprint density at radius 3 is 2.62 bits per heavy atom. The average Bonchev–Trinajstić information content (AvgIpc) is 3.45. The number of ether oxygens (including phenoxy) is 2. The first-order valence-electron chi connectivity index (χ1n) is 13.3. The molecule has 5 rings (SSSR count). The highest BCUT2D eigenvalue weighted by atomic mass is 16.5. The summed E-state index contributed by atoms with van der Waals surface area (Å²) in [5.74, 6) is 1.64. The van der Waals surface area contributed by atoms with Crippen LogP contribution in [0, 0.1) is 6.92 Å². The van der Waals surface area contributed by atoms with E-state index in [1.54, 1.807) is 24.4 Å². The van der Waals surface area contributed by atoms with Crippen LogP contribution in [-0.4, -0.2) is 67.7 Å². The van der Waals surface area contributed by atoms with Gasteiger partial charge in [-0.25, -0.2) is 4.79 Å². The number of aromatic nitrogens is 1. The number of rotatable bonds is 9. The molecule has 0 aliphatic carbocycles. The van der Waals surface area contributed by atoms with Crippen LogP contribution in [0.4, 0.5) is 4.79 Å². The minimum atomic E-state index is -0.109. The van der Waals surface area contributed by atoms with Crippen LogP contribution in [0.25, 0.3) is 21.9 Å². The van der Waals surface area contributed by atoms with Gasteiger partial charge in [0, 0.05) is 44.4 Å². The standard InChI is InChI=1S/C30H34N4O5/c1-20-16-25-28(35)24-9-8-22(18-26(24)39-29(25)27(17-20)37-15-14-33(2)3)38-23-7-6-21(32-19-23)10-11-31-30(36)34-12-4-5-13-34/h6-9,16-19H,4-5,10-15H2,1-3H3,(H,31,36). The molecule has 4 aromatic rings. The highest BCUT2D eigenvalue weighted by Crippen LogP contribution is 2.31. The Labute approximate surface area is 227 Å². The van der Waals surface area contributed by atoms with Gasteiger partial charge in [-0.2, -0.15) is 0 Å². The van der Waals surface area contributed by atoms with Gasteiger partial charge in [0.05, 0.1) is 17.0 Å². The number of hydrogen-bond acceptors (Lipinski definition) is 7. The zero-order valence-corrected chi connectivity index (χ0v) is 22.7. The Kier molecular flexibility index (Phi) is 7.97. The molecule has 3 heterocycles. The molecule has 2 amide bonds. The molecule has 0 radical (unpaired) electrons.